The van der Waals surface area contributed by atoms with Gasteiger partial charge in [-0.3, -0.25) is 9.58 Å². The van der Waals surface area contributed by atoms with Crippen LogP contribution in [-0.2, 0) is 13.6 Å². The highest BCUT2D eigenvalue weighted by molar-refractivity contribution is 7.13. The summed E-state index contributed by atoms with van der Waals surface area (Å²) in [6.45, 7) is 7.04. The van der Waals surface area contributed by atoms with Crippen LogP contribution in [0.15, 0.2) is 16.1 Å². The van der Waals surface area contributed by atoms with Crippen molar-refractivity contribution in [2.45, 2.75) is 39.2 Å². The summed E-state index contributed by atoms with van der Waals surface area (Å²) < 4.78 is 7.91. The van der Waals surface area contributed by atoms with Gasteiger partial charge < -0.3 is 4.42 Å². The summed E-state index contributed by atoms with van der Waals surface area (Å²) in [6, 6.07) is 0. The molecule has 0 radical (unpaired) electrons. The molecule has 1 atom stereocenters. The normalized spacial score (nSPS) is 18.8. The topological polar surface area (TPSA) is 72.9 Å². The molecule has 1 fully saturated rings. The van der Waals surface area contributed by atoms with Crippen LogP contribution in [-0.4, -0.2) is 43.0 Å². The van der Waals surface area contributed by atoms with Gasteiger partial charge in [0.2, 0.25) is 5.89 Å². The number of piperidine rings is 1. The van der Waals surface area contributed by atoms with Crippen molar-refractivity contribution in [3.05, 3.63) is 34.5 Å². The Labute approximate surface area is 150 Å². The first-order valence-electron chi connectivity index (χ1n) is 8.55. The maximum atomic E-state index is 5.98. The maximum absolute atomic E-state index is 5.98. The summed E-state index contributed by atoms with van der Waals surface area (Å²) in [5.74, 6) is 1.63. The van der Waals surface area contributed by atoms with Crippen molar-refractivity contribution in [1.29, 1.82) is 0 Å². The molecule has 4 heterocycles. The molecular weight excluding hydrogens is 336 g/mol. The molecule has 3 aromatic heterocycles. The van der Waals surface area contributed by atoms with Crippen LogP contribution in [0.25, 0.3) is 10.8 Å². The third kappa shape index (κ3) is 3.23. The molecule has 0 aromatic carbocycles. The predicted molar refractivity (Wildman–Crippen MR) is 95.3 cm³/mol. The largest absolute Gasteiger partial charge is 0.419 e. The van der Waals surface area contributed by atoms with Crippen LogP contribution in [0.2, 0.25) is 0 Å². The average molecular weight is 358 g/mol. The van der Waals surface area contributed by atoms with Crippen LogP contribution in [0.1, 0.15) is 41.6 Å². The second kappa shape index (κ2) is 6.68. The smallest absolute Gasteiger partial charge is 0.259 e. The van der Waals surface area contributed by atoms with Crippen LogP contribution in [0.4, 0.5) is 0 Å². The first-order chi connectivity index (χ1) is 12.1. The summed E-state index contributed by atoms with van der Waals surface area (Å²) in [5, 5.41) is 12.9. The summed E-state index contributed by atoms with van der Waals surface area (Å²) >= 11 is 1.54. The summed E-state index contributed by atoms with van der Waals surface area (Å²) in [4.78, 5) is 7.69. The summed E-state index contributed by atoms with van der Waals surface area (Å²) in [6.07, 6.45) is 4.20. The van der Waals surface area contributed by atoms with Gasteiger partial charge in [0.05, 0.1) is 23.3 Å². The lowest BCUT2D eigenvalue weighted by Gasteiger charge is -2.30. The average Bonchev–Trinajstić information content (AvgIpc) is 3.32. The van der Waals surface area contributed by atoms with Crippen LogP contribution in [0.5, 0.6) is 0 Å². The quantitative estimate of drug-likeness (QED) is 0.714. The number of thiazole rings is 1. The molecule has 0 spiro atoms. The molecule has 0 bridgehead atoms. The molecular formula is C17H22N6OS. The van der Waals surface area contributed by atoms with Crippen molar-refractivity contribution in [3.63, 3.8) is 0 Å². The fourth-order valence-electron chi connectivity index (χ4n) is 3.34. The van der Waals surface area contributed by atoms with E-state index in [0.717, 1.165) is 48.9 Å². The van der Waals surface area contributed by atoms with Crippen LogP contribution in [0, 0.1) is 13.8 Å². The van der Waals surface area contributed by atoms with Gasteiger partial charge in [0.1, 0.15) is 4.88 Å². The molecule has 1 aliphatic heterocycles. The minimum atomic E-state index is 0.292. The Morgan fingerprint density at radius 1 is 1.32 bits per heavy atom. The molecule has 0 N–H and O–H groups in total. The molecule has 3 aromatic rings. The van der Waals surface area contributed by atoms with Crippen molar-refractivity contribution in [2.24, 2.45) is 7.05 Å². The van der Waals surface area contributed by atoms with E-state index in [4.69, 9.17) is 4.42 Å². The fraction of sp³-hybridized carbons (Fsp3) is 0.529. The van der Waals surface area contributed by atoms with Gasteiger partial charge in [0.15, 0.2) is 0 Å². The zero-order valence-corrected chi connectivity index (χ0v) is 15.6. The van der Waals surface area contributed by atoms with Gasteiger partial charge in [-0.25, -0.2) is 4.98 Å². The highest BCUT2D eigenvalue weighted by atomic mass is 32.1. The van der Waals surface area contributed by atoms with Gasteiger partial charge in [-0.05, 0) is 33.2 Å². The van der Waals surface area contributed by atoms with Crippen molar-refractivity contribution in [1.82, 2.24) is 29.9 Å². The van der Waals surface area contributed by atoms with Crippen LogP contribution >= 0.6 is 11.3 Å². The number of likely N-dealkylation sites (tertiary alicyclic amines) is 1. The zero-order chi connectivity index (χ0) is 17.4. The monoisotopic (exact) mass is 358 g/mol. The number of aryl methyl sites for hydroxylation is 2. The Morgan fingerprint density at radius 3 is 2.92 bits per heavy atom. The van der Waals surface area contributed by atoms with E-state index in [1.807, 2.05) is 30.4 Å². The number of nitrogens with zero attached hydrogens (tertiary/aromatic N) is 6. The highest BCUT2D eigenvalue weighted by Gasteiger charge is 2.27. The Kier molecular flexibility index (Phi) is 4.39. The molecule has 0 amide bonds. The molecule has 0 saturated carbocycles. The minimum absolute atomic E-state index is 0.292. The standard InChI is InChI=1S/C17H22N6OS/c1-11-15(25-10-18-11)17-21-20-16(24-17)13-5-4-6-23(8-13)9-14-7-19-22(3)12(14)2/h7,10,13H,4-6,8-9H2,1-3H3/t13-/m1/s1. The fourth-order valence-corrected chi connectivity index (χ4v) is 4.06. The maximum Gasteiger partial charge on any atom is 0.259 e. The number of hydrogen-bond acceptors (Lipinski definition) is 7. The van der Waals surface area contributed by atoms with E-state index in [9.17, 15) is 0 Å². The Morgan fingerprint density at radius 2 is 2.20 bits per heavy atom. The lowest BCUT2D eigenvalue weighted by atomic mass is 9.97. The number of hydrogen-bond donors (Lipinski definition) is 0. The van der Waals surface area contributed by atoms with Gasteiger partial charge in [0, 0.05) is 31.4 Å². The minimum Gasteiger partial charge on any atom is -0.419 e. The summed E-state index contributed by atoms with van der Waals surface area (Å²) in [7, 11) is 1.99. The van der Waals surface area contributed by atoms with E-state index < -0.39 is 0 Å². The molecule has 1 aliphatic rings. The highest BCUT2D eigenvalue weighted by Crippen LogP contribution is 2.31. The molecule has 1 saturated heterocycles. The Bertz CT molecular complexity index is 866. The Hall–Kier alpha value is -2.06. The first-order valence-corrected chi connectivity index (χ1v) is 9.43. The van der Waals surface area contributed by atoms with Gasteiger partial charge >= 0.3 is 0 Å². The van der Waals surface area contributed by atoms with Crippen LogP contribution < -0.4 is 0 Å². The lowest BCUT2D eigenvalue weighted by molar-refractivity contribution is 0.186. The summed E-state index contributed by atoms with van der Waals surface area (Å²) in [5.41, 5.74) is 5.27. The van der Waals surface area contributed by atoms with Gasteiger partial charge in [-0.2, -0.15) is 5.10 Å². The van der Waals surface area contributed by atoms with E-state index in [0.29, 0.717) is 11.8 Å². The molecule has 4 rings (SSSR count). The van der Waals surface area contributed by atoms with E-state index >= 15 is 0 Å². The lowest BCUT2D eigenvalue weighted by Crippen LogP contribution is -2.34. The second-order valence-corrected chi connectivity index (χ2v) is 7.52. The third-order valence-electron chi connectivity index (χ3n) is 4.97. The molecule has 0 unspecified atom stereocenters. The van der Waals surface area contributed by atoms with Crippen molar-refractivity contribution in [2.75, 3.05) is 13.1 Å². The Balaban J connectivity index is 1.47. The first kappa shape index (κ1) is 16.4. The number of rotatable bonds is 4. The van der Waals surface area contributed by atoms with Gasteiger partial charge in [-0.1, -0.05) is 0 Å². The number of aromatic nitrogens is 5. The molecule has 7 nitrogen and oxygen atoms in total. The van der Waals surface area contributed by atoms with Gasteiger partial charge in [-0.15, -0.1) is 21.5 Å². The van der Waals surface area contributed by atoms with Crippen LogP contribution in [0.3, 0.4) is 0 Å². The molecule has 25 heavy (non-hydrogen) atoms. The molecule has 132 valence electrons. The molecule has 0 aliphatic carbocycles. The van der Waals surface area contributed by atoms with Crippen molar-refractivity contribution < 1.29 is 4.42 Å². The van der Waals surface area contributed by atoms with E-state index in [2.05, 4.69) is 32.1 Å². The van der Waals surface area contributed by atoms with Gasteiger partial charge in [0.25, 0.3) is 5.89 Å². The van der Waals surface area contributed by atoms with Crippen molar-refractivity contribution >= 4 is 11.3 Å². The SMILES string of the molecule is Cc1ncsc1-c1nnc([C@@H]2CCCN(Cc3cnn(C)c3C)C2)o1. The van der Waals surface area contributed by atoms with E-state index in [-0.39, 0.29) is 0 Å². The predicted octanol–water partition coefficient (Wildman–Crippen LogP) is 2.92. The van der Waals surface area contributed by atoms with E-state index in [1.54, 1.807) is 11.3 Å². The van der Waals surface area contributed by atoms with Crippen molar-refractivity contribution in [3.8, 4) is 10.8 Å². The third-order valence-corrected chi connectivity index (χ3v) is 5.88. The second-order valence-electron chi connectivity index (χ2n) is 6.67. The van der Waals surface area contributed by atoms with E-state index in [1.165, 1.54) is 11.3 Å². The molecule has 8 heteroatoms. The zero-order valence-electron chi connectivity index (χ0n) is 14.8.